The fourth-order valence-corrected chi connectivity index (χ4v) is 1.55. The van der Waals surface area contributed by atoms with Gasteiger partial charge in [0.2, 0.25) is 0 Å². The van der Waals surface area contributed by atoms with Gasteiger partial charge in [-0.1, -0.05) is 49.9 Å². The highest BCUT2D eigenvalue weighted by Gasteiger charge is 2.09. The van der Waals surface area contributed by atoms with Crippen LogP contribution in [0.2, 0.25) is 0 Å². The lowest BCUT2D eigenvalue weighted by molar-refractivity contribution is -0.208. The van der Waals surface area contributed by atoms with Gasteiger partial charge in [-0.3, -0.25) is 4.89 Å². The first-order valence-corrected chi connectivity index (χ1v) is 5.76. The van der Waals surface area contributed by atoms with Crippen molar-refractivity contribution in [2.45, 2.75) is 13.3 Å². The van der Waals surface area contributed by atoms with E-state index in [1.54, 1.807) is 6.07 Å². The molecular weight excluding hydrogens is 228 g/mol. The van der Waals surface area contributed by atoms with E-state index in [1.165, 1.54) is 0 Å². The maximum absolute atomic E-state index is 11.4. The van der Waals surface area contributed by atoms with Crippen molar-refractivity contribution in [3.8, 4) is 5.75 Å². The Morgan fingerprint density at radius 2 is 1.89 bits per heavy atom. The molecule has 0 N–H and O–H groups in total. The van der Waals surface area contributed by atoms with Gasteiger partial charge in [-0.25, -0.2) is 9.68 Å². The first kappa shape index (κ1) is 12.2. The second-order valence-electron chi connectivity index (χ2n) is 3.89. The van der Waals surface area contributed by atoms with Crippen molar-refractivity contribution in [3.63, 3.8) is 0 Å². The lowest BCUT2D eigenvalue weighted by Crippen LogP contribution is -2.09. The smallest absolute Gasteiger partial charge is 0.286 e. The summed E-state index contributed by atoms with van der Waals surface area (Å²) in [6.07, 6.45) is 0.539. The molecule has 2 rings (SSSR count). The highest BCUT2D eigenvalue weighted by atomic mass is 17.2. The Morgan fingerprint density at radius 1 is 1.17 bits per heavy atom. The topological polar surface area (TPSA) is 35.5 Å². The molecule has 0 bridgehead atoms. The van der Waals surface area contributed by atoms with Crippen LogP contribution in [0, 0.1) is 0 Å². The summed E-state index contributed by atoms with van der Waals surface area (Å²) >= 11 is 0. The van der Waals surface area contributed by atoms with E-state index in [0.717, 1.165) is 10.8 Å². The molecule has 3 nitrogen and oxygen atoms in total. The van der Waals surface area contributed by atoms with Crippen LogP contribution in [-0.2, 0) is 9.68 Å². The molecule has 0 heterocycles. The van der Waals surface area contributed by atoms with Gasteiger partial charge in [0.1, 0.15) is 0 Å². The average molecular weight is 242 g/mol. The van der Waals surface area contributed by atoms with Gasteiger partial charge in [-0.2, -0.15) is 0 Å². The van der Waals surface area contributed by atoms with Crippen molar-refractivity contribution >= 4 is 16.7 Å². The second-order valence-corrected chi connectivity index (χ2v) is 3.89. The summed E-state index contributed by atoms with van der Waals surface area (Å²) in [5, 5.41) is 1.93. The number of hydrogen-bond acceptors (Lipinski definition) is 3. The molecule has 3 heteroatoms. The van der Waals surface area contributed by atoms with Crippen molar-refractivity contribution in [2.75, 3.05) is 0 Å². The summed E-state index contributed by atoms with van der Waals surface area (Å²) < 4.78 is 0. The lowest BCUT2D eigenvalue weighted by Gasteiger charge is -2.07. The Morgan fingerprint density at radius 3 is 2.67 bits per heavy atom. The maximum atomic E-state index is 11.4. The molecule has 0 saturated heterocycles. The predicted octanol–water partition coefficient (Wildman–Crippen LogP) is 3.64. The zero-order valence-corrected chi connectivity index (χ0v) is 10.2. The Kier molecular flexibility index (Phi) is 3.63. The Balaban J connectivity index is 2.17. The largest absolute Gasteiger partial charge is 0.381 e. The van der Waals surface area contributed by atoms with Gasteiger partial charge in [0.05, 0.1) is 0 Å². The average Bonchev–Trinajstić information content (AvgIpc) is 2.43. The van der Waals surface area contributed by atoms with E-state index in [9.17, 15) is 4.79 Å². The molecule has 0 aliphatic rings. The molecule has 0 fully saturated rings. The minimum Gasteiger partial charge on any atom is -0.286 e. The number of benzene rings is 2. The number of carbonyl (C=O) groups excluding carboxylic acids is 1. The summed E-state index contributed by atoms with van der Waals surface area (Å²) in [7, 11) is 0. The number of hydrogen-bond donors (Lipinski definition) is 0. The molecule has 0 radical (unpaired) electrons. The third kappa shape index (κ3) is 2.51. The second kappa shape index (κ2) is 5.36. The minimum atomic E-state index is -0.537. The van der Waals surface area contributed by atoms with Crippen molar-refractivity contribution < 1.29 is 14.6 Å². The normalized spacial score (nSPS) is 10.1. The summed E-state index contributed by atoms with van der Waals surface area (Å²) in [4.78, 5) is 21.3. The van der Waals surface area contributed by atoms with Gasteiger partial charge in [0.25, 0.3) is 0 Å². The van der Waals surface area contributed by atoms with Crippen LogP contribution in [0.15, 0.2) is 54.6 Å². The van der Waals surface area contributed by atoms with Crippen LogP contribution < -0.4 is 4.89 Å². The molecule has 0 amide bonds. The van der Waals surface area contributed by atoms with Crippen molar-refractivity contribution in [2.24, 2.45) is 0 Å². The standard InChI is InChI=1S/C15H14O3/c1-3-11(2)15(16)18-17-14-10-6-8-12-7-4-5-9-13(12)14/h4-10H,2-3H2,1H3. The van der Waals surface area contributed by atoms with Crippen molar-refractivity contribution in [1.29, 1.82) is 0 Å². The fourth-order valence-electron chi connectivity index (χ4n) is 1.55. The molecule has 2 aromatic rings. The van der Waals surface area contributed by atoms with Gasteiger partial charge >= 0.3 is 5.97 Å². The molecule has 0 unspecified atom stereocenters. The molecule has 0 atom stereocenters. The first-order chi connectivity index (χ1) is 8.72. The quantitative estimate of drug-likeness (QED) is 0.466. The van der Waals surface area contributed by atoms with Gasteiger partial charge in [-0.15, -0.1) is 0 Å². The molecule has 0 aromatic heterocycles. The molecule has 18 heavy (non-hydrogen) atoms. The highest BCUT2D eigenvalue weighted by Crippen LogP contribution is 2.25. The third-order valence-electron chi connectivity index (χ3n) is 2.67. The first-order valence-electron chi connectivity index (χ1n) is 5.76. The van der Waals surface area contributed by atoms with Crippen LogP contribution in [0.5, 0.6) is 5.75 Å². The monoisotopic (exact) mass is 242 g/mol. The minimum absolute atomic E-state index is 0.384. The van der Waals surface area contributed by atoms with Gasteiger partial charge in [0.15, 0.2) is 5.75 Å². The van der Waals surface area contributed by atoms with Crippen molar-refractivity contribution in [1.82, 2.24) is 0 Å². The summed E-state index contributed by atoms with van der Waals surface area (Å²) in [5.74, 6) is -0.0178. The van der Waals surface area contributed by atoms with E-state index in [-0.39, 0.29) is 0 Å². The van der Waals surface area contributed by atoms with E-state index < -0.39 is 5.97 Å². The van der Waals surface area contributed by atoms with Crippen LogP contribution in [0.25, 0.3) is 10.8 Å². The number of fused-ring (bicyclic) bond motifs is 1. The number of carbonyl (C=O) groups is 1. The molecule has 92 valence electrons. The zero-order valence-electron chi connectivity index (χ0n) is 10.2. The van der Waals surface area contributed by atoms with Crippen LogP contribution >= 0.6 is 0 Å². The van der Waals surface area contributed by atoms with Crippen LogP contribution in [0.4, 0.5) is 0 Å². The maximum Gasteiger partial charge on any atom is 0.381 e. The van der Waals surface area contributed by atoms with E-state index in [4.69, 9.17) is 9.78 Å². The lowest BCUT2D eigenvalue weighted by atomic mass is 10.1. The fraction of sp³-hybridized carbons (Fsp3) is 0.133. The molecule has 0 aliphatic carbocycles. The van der Waals surface area contributed by atoms with Gasteiger partial charge in [-0.05, 0) is 17.9 Å². The van der Waals surface area contributed by atoms with E-state index >= 15 is 0 Å². The third-order valence-corrected chi connectivity index (χ3v) is 2.67. The molecule has 0 spiro atoms. The predicted molar refractivity (Wildman–Crippen MR) is 70.1 cm³/mol. The Bertz CT molecular complexity index is 582. The number of rotatable bonds is 4. The molecule has 0 saturated carbocycles. The van der Waals surface area contributed by atoms with Crippen molar-refractivity contribution in [3.05, 3.63) is 54.6 Å². The Labute approximate surface area is 106 Å². The zero-order chi connectivity index (χ0) is 13.0. The van der Waals surface area contributed by atoms with E-state index in [2.05, 4.69) is 6.58 Å². The molecular formula is C15H14O3. The van der Waals surface area contributed by atoms with Crippen LogP contribution in [0.1, 0.15) is 13.3 Å². The highest BCUT2D eigenvalue weighted by molar-refractivity contribution is 5.89. The van der Waals surface area contributed by atoms with E-state index in [1.807, 2.05) is 43.3 Å². The SMILES string of the molecule is C=C(CC)C(=O)OOc1cccc2ccccc12. The molecule has 2 aromatic carbocycles. The summed E-state index contributed by atoms with van der Waals surface area (Å²) in [6.45, 7) is 5.43. The van der Waals surface area contributed by atoms with Crippen LogP contribution in [0.3, 0.4) is 0 Å². The van der Waals surface area contributed by atoms with Crippen LogP contribution in [-0.4, -0.2) is 5.97 Å². The Hall–Kier alpha value is -2.29. The molecule has 0 aliphatic heterocycles. The van der Waals surface area contributed by atoms with Gasteiger partial charge in [0, 0.05) is 11.0 Å². The van der Waals surface area contributed by atoms with E-state index in [0.29, 0.717) is 17.7 Å². The summed E-state index contributed by atoms with van der Waals surface area (Å²) in [6, 6.07) is 13.3. The summed E-state index contributed by atoms with van der Waals surface area (Å²) in [5.41, 5.74) is 0.384. The van der Waals surface area contributed by atoms with Gasteiger partial charge < -0.3 is 0 Å².